The Bertz CT molecular complexity index is 1140. The summed E-state index contributed by atoms with van der Waals surface area (Å²) in [5.74, 6) is -0.852. The van der Waals surface area contributed by atoms with Crippen LogP contribution in [0, 0.1) is 0 Å². The molecule has 0 N–H and O–H groups in total. The number of esters is 3. The Kier molecular flexibility index (Phi) is 55.2. The summed E-state index contributed by atoms with van der Waals surface area (Å²) in [6.45, 7) is 6.58. The molecular weight excluding hydrogens is 841 g/mol. The molecule has 398 valence electrons. The zero-order valence-corrected chi connectivity index (χ0v) is 45.6. The molecule has 68 heavy (non-hydrogen) atoms. The predicted molar refractivity (Wildman–Crippen MR) is 293 cm³/mol. The summed E-state index contributed by atoms with van der Waals surface area (Å²) in [4.78, 5) is 38.2. The average molecular weight is 956 g/mol. The Morgan fingerprint density at radius 3 is 0.897 bits per heavy atom. The van der Waals surface area contributed by atoms with E-state index >= 15 is 0 Å². The minimum Gasteiger partial charge on any atom is -0.462 e. The number of hydrogen-bond acceptors (Lipinski definition) is 6. The van der Waals surface area contributed by atoms with Crippen LogP contribution in [0.5, 0.6) is 0 Å². The standard InChI is InChI=1S/C62H114O6/c1-4-7-10-13-16-19-22-25-27-29-31-33-34-37-40-43-46-49-52-55-61(64)67-58-59(57-66-60(63)54-51-48-45-42-39-36-24-21-18-15-12-9-6-3)68-62(65)56-53-50-47-44-41-38-35-32-30-28-26-23-20-17-14-11-8-5-2/h7,10,16,19,25,27,59H,4-6,8-9,11-15,17-18,20-24,26,28-58H2,1-3H3/b10-7-,19-16-,27-25-. The van der Waals surface area contributed by atoms with Gasteiger partial charge in [-0.15, -0.1) is 0 Å². The third-order valence-corrected chi connectivity index (χ3v) is 13.4. The zero-order valence-electron chi connectivity index (χ0n) is 45.6. The molecule has 0 fully saturated rings. The topological polar surface area (TPSA) is 78.9 Å². The SMILES string of the molecule is CC/C=C\C/C=C\C/C=C\CCCCCCCCCCCC(=O)OCC(COC(=O)CCCCCCCCCCCCCCC)OC(=O)CCCCCCCCCCCCCCCCCCCC. The van der Waals surface area contributed by atoms with Crippen LogP contribution in [0.2, 0.25) is 0 Å². The van der Waals surface area contributed by atoms with Gasteiger partial charge in [-0.2, -0.15) is 0 Å². The molecule has 0 heterocycles. The second kappa shape index (κ2) is 57.2. The van der Waals surface area contributed by atoms with Gasteiger partial charge in [-0.05, 0) is 51.4 Å². The van der Waals surface area contributed by atoms with Gasteiger partial charge < -0.3 is 14.2 Å². The Morgan fingerprint density at radius 1 is 0.309 bits per heavy atom. The van der Waals surface area contributed by atoms with Crippen molar-refractivity contribution < 1.29 is 28.6 Å². The number of ether oxygens (including phenoxy) is 3. The van der Waals surface area contributed by atoms with Crippen molar-refractivity contribution in [3.8, 4) is 0 Å². The van der Waals surface area contributed by atoms with Gasteiger partial charge in [0.25, 0.3) is 0 Å². The largest absolute Gasteiger partial charge is 0.462 e. The smallest absolute Gasteiger partial charge is 0.306 e. The van der Waals surface area contributed by atoms with Crippen LogP contribution >= 0.6 is 0 Å². The molecule has 0 aromatic rings. The first kappa shape index (κ1) is 65.6. The van der Waals surface area contributed by atoms with E-state index in [-0.39, 0.29) is 31.1 Å². The van der Waals surface area contributed by atoms with Gasteiger partial charge in [0.05, 0.1) is 0 Å². The molecule has 1 atom stereocenters. The first-order valence-electron chi connectivity index (χ1n) is 30.0. The Labute approximate surface area is 423 Å². The van der Waals surface area contributed by atoms with E-state index in [1.54, 1.807) is 0 Å². The van der Waals surface area contributed by atoms with E-state index in [4.69, 9.17) is 14.2 Å². The van der Waals surface area contributed by atoms with Gasteiger partial charge in [0.15, 0.2) is 6.10 Å². The number of rotatable bonds is 55. The van der Waals surface area contributed by atoms with Crippen LogP contribution in [0.1, 0.15) is 323 Å². The van der Waals surface area contributed by atoms with Crippen LogP contribution in [-0.4, -0.2) is 37.2 Å². The van der Waals surface area contributed by atoms with E-state index in [1.807, 2.05) is 0 Å². The second-order valence-electron chi connectivity index (χ2n) is 20.2. The van der Waals surface area contributed by atoms with Crippen LogP contribution in [0.4, 0.5) is 0 Å². The van der Waals surface area contributed by atoms with Gasteiger partial charge in [-0.25, -0.2) is 0 Å². The van der Waals surface area contributed by atoms with Gasteiger partial charge in [-0.1, -0.05) is 288 Å². The van der Waals surface area contributed by atoms with Gasteiger partial charge in [0.2, 0.25) is 0 Å². The van der Waals surface area contributed by atoms with Crippen LogP contribution in [0.25, 0.3) is 0 Å². The molecule has 0 saturated carbocycles. The molecule has 6 nitrogen and oxygen atoms in total. The highest BCUT2D eigenvalue weighted by Crippen LogP contribution is 2.17. The van der Waals surface area contributed by atoms with Gasteiger partial charge in [-0.3, -0.25) is 14.4 Å². The van der Waals surface area contributed by atoms with Gasteiger partial charge >= 0.3 is 17.9 Å². The number of allylic oxidation sites excluding steroid dienone is 6. The molecule has 0 saturated heterocycles. The molecule has 0 radical (unpaired) electrons. The fourth-order valence-electron chi connectivity index (χ4n) is 8.93. The molecule has 0 bridgehead atoms. The number of carbonyl (C=O) groups excluding carboxylic acids is 3. The number of unbranched alkanes of at least 4 members (excludes halogenated alkanes) is 38. The molecule has 6 heteroatoms. The Hall–Kier alpha value is -2.37. The molecule has 1 unspecified atom stereocenters. The highest BCUT2D eigenvalue weighted by atomic mass is 16.6. The Morgan fingerprint density at radius 2 is 0.574 bits per heavy atom. The third kappa shape index (κ3) is 54.6. The van der Waals surface area contributed by atoms with E-state index < -0.39 is 6.10 Å². The summed E-state index contributed by atoms with van der Waals surface area (Å²) in [5.41, 5.74) is 0. The Balaban J connectivity index is 4.31. The third-order valence-electron chi connectivity index (χ3n) is 13.4. The quantitative estimate of drug-likeness (QED) is 0.0262. The lowest BCUT2D eigenvalue weighted by molar-refractivity contribution is -0.167. The van der Waals surface area contributed by atoms with Gasteiger partial charge in [0, 0.05) is 19.3 Å². The summed E-state index contributed by atoms with van der Waals surface area (Å²) in [7, 11) is 0. The molecule has 0 aliphatic rings. The van der Waals surface area contributed by atoms with Crippen LogP contribution in [0.3, 0.4) is 0 Å². The zero-order chi connectivity index (χ0) is 49.3. The van der Waals surface area contributed by atoms with Crippen LogP contribution in [0.15, 0.2) is 36.5 Å². The van der Waals surface area contributed by atoms with Crippen molar-refractivity contribution >= 4 is 17.9 Å². The predicted octanol–water partition coefficient (Wildman–Crippen LogP) is 20.0. The maximum atomic E-state index is 12.9. The average Bonchev–Trinajstić information content (AvgIpc) is 3.34. The van der Waals surface area contributed by atoms with E-state index in [9.17, 15) is 14.4 Å². The monoisotopic (exact) mass is 955 g/mol. The molecule has 0 aromatic heterocycles. The lowest BCUT2D eigenvalue weighted by Gasteiger charge is -2.18. The normalized spacial score (nSPS) is 12.2. The lowest BCUT2D eigenvalue weighted by Crippen LogP contribution is -2.30. The summed E-state index contributed by atoms with van der Waals surface area (Å²) in [6.07, 6.45) is 68.5. The molecule has 0 rings (SSSR count). The minimum atomic E-state index is -0.770. The van der Waals surface area contributed by atoms with E-state index in [0.717, 1.165) is 77.0 Å². The maximum Gasteiger partial charge on any atom is 0.306 e. The second-order valence-corrected chi connectivity index (χ2v) is 20.2. The first-order valence-corrected chi connectivity index (χ1v) is 30.0. The van der Waals surface area contributed by atoms with Crippen molar-refractivity contribution in [3.63, 3.8) is 0 Å². The molecule has 0 aromatic carbocycles. The van der Waals surface area contributed by atoms with E-state index in [1.165, 1.54) is 205 Å². The highest BCUT2D eigenvalue weighted by molar-refractivity contribution is 5.71. The van der Waals surface area contributed by atoms with Crippen molar-refractivity contribution in [2.75, 3.05) is 13.2 Å². The fraction of sp³-hybridized carbons (Fsp3) is 0.855. The minimum absolute atomic E-state index is 0.0683. The fourth-order valence-corrected chi connectivity index (χ4v) is 8.93. The highest BCUT2D eigenvalue weighted by Gasteiger charge is 2.19. The summed E-state index contributed by atoms with van der Waals surface area (Å²) in [6, 6.07) is 0. The van der Waals surface area contributed by atoms with Crippen molar-refractivity contribution in [2.45, 2.75) is 329 Å². The molecule has 0 aliphatic heterocycles. The maximum absolute atomic E-state index is 12.9. The van der Waals surface area contributed by atoms with E-state index in [0.29, 0.717) is 19.3 Å². The first-order chi connectivity index (χ1) is 33.5. The van der Waals surface area contributed by atoms with Crippen LogP contribution < -0.4 is 0 Å². The lowest BCUT2D eigenvalue weighted by atomic mass is 10.0. The van der Waals surface area contributed by atoms with Crippen LogP contribution in [-0.2, 0) is 28.6 Å². The van der Waals surface area contributed by atoms with E-state index in [2.05, 4.69) is 57.2 Å². The number of carbonyl (C=O) groups is 3. The summed E-state index contributed by atoms with van der Waals surface area (Å²) >= 11 is 0. The van der Waals surface area contributed by atoms with Crippen molar-refractivity contribution in [2.24, 2.45) is 0 Å². The van der Waals surface area contributed by atoms with Crippen molar-refractivity contribution in [1.82, 2.24) is 0 Å². The van der Waals surface area contributed by atoms with Gasteiger partial charge in [0.1, 0.15) is 13.2 Å². The molecular formula is C62H114O6. The summed E-state index contributed by atoms with van der Waals surface area (Å²) in [5, 5.41) is 0. The summed E-state index contributed by atoms with van der Waals surface area (Å²) < 4.78 is 16.9. The number of hydrogen-bond donors (Lipinski definition) is 0. The molecule has 0 amide bonds. The molecule has 0 aliphatic carbocycles. The van der Waals surface area contributed by atoms with Crippen molar-refractivity contribution in [1.29, 1.82) is 0 Å². The van der Waals surface area contributed by atoms with Crippen molar-refractivity contribution in [3.05, 3.63) is 36.5 Å². The molecule has 0 spiro atoms.